The molecule has 0 saturated carbocycles. The molecule has 7 heteroatoms. The molecule has 2 aromatic heterocycles. The normalized spacial score (nSPS) is 13.6. The molecule has 7 nitrogen and oxygen atoms in total. The van der Waals surface area contributed by atoms with E-state index in [-0.39, 0.29) is 11.8 Å². The molecule has 33 heavy (non-hydrogen) atoms. The van der Waals surface area contributed by atoms with Crippen molar-refractivity contribution in [2.45, 2.75) is 33.2 Å². The summed E-state index contributed by atoms with van der Waals surface area (Å²) < 4.78 is 1.83. The number of anilines is 2. The lowest BCUT2D eigenvalue weighted by atomic mass is 10.1. The van der Waals surface area contributed by atoms with E-state index < -0.39 is 0 Å². The van der Waals surface area contributed by atoms with Crippen LogP contribution in [0.3, 0.4) is 0 Å². The summed E-state index contributed by atoms with van der Waals surface area (Å²) in [6, 6.07) is 17.5. The van der Waals surface area contributed by atoms with Gasteiger partial charge < -0.3 is 10.2 Å². The number of nitrogens with one attached hydrogen (secondary N) is 1. The van der Waals surface area contributed by atoms with Gasteiger partial charge in [0.2, 0.25) is 5.91 Å². The highest BCUT2D eigenvalue weighted by atomic mass is 16.2. The Morgan fingerprint density at radius 1 is 1.06 bits per heavy atom. The average molecular weight is 440 g/mol. The van der Waals surface area contributed by atoms with E-state index in [2.05, 4.69) is 46.6 Å². The van der Waals surface area contributed by atoms with Crippen molar-refractivity contribution in [1.29, 1.82) is 0 Å². The number of amides is 2. The summed E-state index contributed by atoms with van der Waals surface area (Å²) in [5.74, 6) is -0.0746. The fourth-order valence-electron chi connectivity index (χ4n) is 4.19. The largest absolute Gasteiger partial charge is 0.322 e. The Bertz CT molecular complexity index is 1340. The lowest BCUT2D eigenvalue weighted by molar-refractivity contribution is -0.117. The summed E-state index contributed by atoms with van der Waals surface area (Å²) in [5, 5.41) is 8.18. The highest BCUT2D eigenvalue weighted by Crippen LogP contribution is 2.24. The molecule has 3 heterocycles. The Morgan fingerprint density at radius 2 is 1.82 bits per heavy atom. The molecular formula is C26H25N5O2. The number of carbonyl (C=O) groups is 2. The van der Waals surface area contributed by atoms with Gasteiger partial charge in [0.25, 0.3) is 5.91 Å². The van der Waals surface area contributed by atoms with Crippen LogP contribution in [-0.2, 0) is 11.3 Å². The number of aromatic nitrogens is 3. The number of aryl methyl sites for hydroxylation is 2. The first-order valence-electron chi connectivity index (χ1n) is 11.1. The minimum Gasteiger partial charge on any atom is -0.322 e. The van der Waals surface area contributed by atoms with Gasteiger partial charge in [-0.2, -0.15) is 5.10 Å². The lowest BCUT2D eigenvalue weighted by Crippen LogP contribution is -2.23. The van der Waals surface area contributed by atoms with Crippen LogP contribution in [-0.4, -0.2) is 33.1 Å². The van der Waals surface area contributed by atoms with E-state index in [0.29, 0.717) is 35.2 Å². The van der Waals surface area contributed by atoms with Crippen molar-refractivity contribution in [1.82, 2.24) is 14.8 Å². The van der Waals surface area contributed by atoms with Crippen molar-refractivity contribution >= 4 is 34.2 Å². The van der Waals surface area contributed by atoms with Crippen molar-refractivity contribution < 1.29 is 9.59 Å². The number of hydrogen-bond acceptors (Lipinski definition) is 4. The molecule has 0 bridgehead atoms. The zero-order chi connectivity index (χ0) is 22.9. The molecule has 4 aromatic rings. The average Bonchev–Trinajstić information content (AvgIpc) is 3.41. The lowest BCUT2D eigenvalue weighted by Gasteiger charge is -2.16. The van der Waals surface area contributed by atoms with Gasteiger partial charge in [-0.1, -0.05) is 29.8 Å². The van der Waals surface area contributed by atoms with Crippen LogP contribution in [0.15, 0.2) is 60.8 Å². The molecule has 0 spiro atoms. The number of nitrogens with zero attached hydrogens (tertiary/aromatic N) is 4. The smallest absolute Gasteiger partial charge is 0.256 e. The van der Waals surface area contributed by atoms with Crippen LogP contribution in [0.5, 0.6) is 0 Å². The molecular weight excluding hydrogens is 414 g/mol. The van der Waals surface area contributed by atoms with E-state index in [0.717, 1.165) is 29.9 Å². The van der Waals surface area contributed by atoms with Gasteiger partial charge >= 0.3 is 0 Å². The third-order valence-electron chi connectivity index (χ3n) is 5.95. The molecule has 1 aliphatic rings. The second-order valence-electron chi connectivity index (χ2n) is 8.49. The quantitative estimate of drug-likeness (QED) is 0.497. The van der Waals surface area contributed by atoms with Crippen molar-refractivity contribution in [3.05, 3.63) is 83.2 Å². The molecule has 2 amide bonds. The first kappa shape index (κ1) is 20.9. The maximum absolute atomic E-state index is 13.1. The van der Waals surface area contributed by atoms with Gasteiger partial charge in [-0.05, 0) is 56.2 Å². The molecule has 5 rings (SSSR count). The Balaban J connectivity index is 1.38. The number of fused-ring (bicyclic) bond motifs is 1. The van der Waals surface area contributed by atoms with Gasteiger partial charge in [0, 0.05) is 30.0 Å². The van der Waals surface area contributed by atoms with Crippen LogP contribution >= 0.6 is 0 Å². The van der Waals surface area contributed by atoms with E-state index in [1.165, 1.54) is 5.56 Å². The number of benzene rings is 2. The van der Waals surface area contributed by atoms with Gasteiger partial charge in [-0.3, -0.25) is 9.59 Å². The molecule has 0 radical (unpaired) electrons. The Labute approximate surface area is 192 Å². The van der Waals surface area contributed by atoms with Crippen LogP contribution in [0.2, 0.25) is 0 Å². The van der Waals surface area contributed by atoms with Crippen LogP contribution < -0.4 is 10.2 Å². The molecule has 0 aliphatic carbocycles. The molecule has 1 saturated heterocycles. The minimum atomic E-state index is -0.217. The standard InChI is InChI=1S/C26H25N5O2/c1-17-5-7-19(8-6-17)16-31-25-23(15-27-31)22(14-18(2)28-25)26(33)29-20-9-11-21(12-10-20)30-13-3-4-24(30)32/h5-12,14-15H,3-4,13,16H2,1-2H3,(H,29,33). The Hall–Kier alpha value is -4.00. The molecule has 166 valence electrons. The molecule has 1 N–H and O–H groups in total. The minimum absolute atomic E-state index is 0.143. The number of rotatable bonds is 5. The highest BCUT2D eigenvalue weighted by molar-refractivity contribution is 6.12. The predicted octanol–water partition coefficient (Wildman–Crippen LogP) is 4.48. The van der Waals surface area contributed by atoms with E-state index in [1.54, 1.807) is 17.2 Å². The van der Waals surface area contributed by atoms with Crippen LogP contribution in [0.1, 0.15) is 40.0 Å². The third-order valence-corrected chi connectivity index (χ3v) is 5.95. The van der Waals surface area contributed by atoms with Crippen molar-refractivity contribution in [2.24, 2.45) is 0 Å². The fourth-order valence-corrected chi connectivity index (χ4v) is 4.19. The predicted molar refractivity (Wildman–Crippen MR) is 129 cm³/mol. The topological polar surface area (TPSA) is 80.1 Å². The van der Waals surface area contributed by atoms with E-state index in [4.69, 9.17) is 0 Å². The van der Waals surface area contributed by atoms with Crippen LogP contribution in [0.4, 0.5) is 11.4 Å². The molecule has 0 unspecified atom stereocenters. The summed E-state index contributed by atoms with van der Waals surface area (Å²) in [6.45, 7) is 5.26. The van der Waals surface area contributed by atoms with Gasteiger partial charge in [-0.15, -0.1) is 0 Å². The summed E-state index contributed by atoms with van der Waals surface area (Å²) in [4.78, 5) is 31.5. The SMILES string of the molecule is Cc1ccc(Cn2ncc3c(C(=O)Nc4ccc(N5CCCC5=O)cc4)cc(C)nc32)cc1. The van der Waals surface area contributed by atoms with E-state index >= 15 is 0 Å². The third kappa shape index (κ3) is 4.22. The summed E-state index contributed by atoms with van der Waals surface area (Å²) in [5.41, 5.74) is 5.82. The zero-order valence-corrected chi connectivity index (χ0v) is 18.7. The first-order chi connectivity index (χ1) is 16.0. The second-order valence-corrected chi connectivity index (χ2v) is 8.49. The first-order valence-corrected chi connectivity index (χ1v) is 11.1. The molecule has 1 aliphatic heterocycles. The van der Waals surface area contributed by atoms with Crippen molar-refractivity contribution in [3.63, 3.8) is 0 Å². The van der Waals surface area contributed by atoms with Crippen LogP contribution in [0.25, 0.3) is 11.0 Å². The Kier molecular flexibility index (Phi) is 5.38. The van der Waals surface area contributed by atoms with E-state index in [1.807, 2.05) is 35.9 Å². The molecule has 2 aromatic carbocycles. The number of carbonyl (C=O) groups excluding carboxylic acids is 2. The fraction of sp³-hybridized carbons (Fsp3) is 0.231. The zero-order valence-electron chi connectivity index (χ0n) is 18.7. The summed E-state index contributed by atoms with van der Waals surface area (Å²) in [7, 11) is 0. The Morgan fingerprint density at radius 3 is 2.52 bits per heavy atom. The monoisotopic (exact) mass is 439 g/mol. The highest BCUT2D eigenvalue weighted by Gasteiger charge is 2.22. The van der Waals surface area contributed by atoms with Gasteiger partial charge in [0.05, 0.1) is 23.7 Å². The maximum Gasteiger partial charge on any atom is 0.256 e. The maximum atomic E-state index is 13.1. The van der Waals surface area contributed by atoms with Crippen LogP contribution in [0, 0.1) is 13.8 Å². The van der Waals surface area contributed by atoms with Crippen molar-refractivity contribution in [3.8, 4) is 0 Å². The van der Waals surface area contributed by atoms with Gasteiger partial charge in [0.1, 0.15) is 0 Å². The number of hydrogen-bond donors (Lipinski definition) is 1. The molecule has 0 atom stereocenters. The van der Waals surface area contributed by atoms with E-state index in [9.17, 15) is 9.59 Å². The van der Waals surface area contributed by atoms with Gasteiger partial charge in [-0.25, -0.2) is 9.67 Å². The molecule has 1 fully saturated rings. The summed E-state index contributed by atoms with van der Waals surface area (Å²) >= 11 is 0. The number of pyridine rings is 1. The summed E-state index contributed by atoms with van der Waals surface area (Å²) in [6.07, 6.45) is 3.17. The van der Waals surface area contributed by atoms with Gasteiger partial charge in [0.15, 0.2) is 5.65 Å². The second kappa shape index (κ2) is 8.50. The van der Waals surface area contributed by atoms with Crippen molar-refractivity contribution in [2.75, 3.05) is 16.8 Å².